The van der Waals surface area contributed by atoms with Crippen molar-refractivity contribution in [3.05, 3.63) is 77.5 Å². The molecule has 6 nitrogen and oxygen atoms in total. The number of halogens is 3. The fourth-order valence-electron chi connectivity index (χ4n) is 3.82. The second kappa shape index (κ2) is 10.5. The molecule has 0 unspecified atom stereocenters. The Morgan fingerprint density at radius 1 is 1.09 bits per heavy atom. The van der Waals surface area contributed by atoms with Gasteiger partial charge in [0.15, 0.2) is 0 Å². The lowest BCUT2D eigenvalue weighted by Crippen LogP contribution is -2.29. The number of nitrogens with zero attached hydrogens (tertiary/aromatic N) is 3. The molecule has 2 aromatic carbocycles. The van der Waals surface area contributed by atoms with Gasteiger partial charge in [-0.25, -0.2) is 4.79 Å². The number of nitrogens with one attached hydrogen (secondary N) is 1. The number of aryl methyl sites for hydroxylation is 1. The molecule has 2 amide bonds. The molecule has 1 aliphatic rings. The lowest BCUT2D eigenvalue weighted by Gasteiger charge is -2.13. The number of carbonyl (C=O) groups excluding carboxylic acids is 1. The number of rotatable bonds is 8. The first-order chi connectivity index (χ1) is 16.8. The fraction of sp³-hybridized carbons (Fsp3) is 0.269. The van der Waals surface area contributed by atoms with Crippen LogP contribution in [0.3, 0.4) is 0 Å². The minimum atomic E-state index is -4.53. The maximum absolute atomic E-state index is 12.9. The maximum Gasteiger partial charge on any atom is 0.416 e. The third-order valence-electron chi connectivity index (χ3n) is 5.67. The van der Waals surface area contributed by atoms with Crippen molar-refractivity contribution in [2.75, 3.05) is 19.6 Å². The summed E-state index contributed by atoms with van der Waals surface area (Å²) < 4.78 is 44.3. The zero-order valence-electron chi connectivity index (χ0n) is 18.8. The van der Waals surface area contributed by atoms with E-state index in [9.17, 15) is 23.2 Å². The molecule has 1 N–H and O–H groups in total. The molecular weight excluding hydrogens is 457 g/mol. The zero-order chi connectivity index (χ0) is 24.8. The number of carbonyl (C=O) groups is 1. The van der Waals surface area contributed by atoms with Gasteiger partial charge in [-0.1, -0.05) is 6.07 Å². The highest BCUT2D eigenvalue weighted by molar-refractivity contribution is 5.76. The van der Waals surface area contributed by atoms with Crippen LogP contribution in [-0.4, -0.2) is 35.5 Å². The summed E-state index contributed by atoms with van der Waals surface area (Å²) in [6.07, 6.45) is -1.91. The van der Waals surface area contributed by atoms with Crippen LogP contribution in [0.1, 0.15) is 29.7 Å². The number of pyridine rings is 1. The summed E-state index contributed by atoms with van der Waals surface area (Å²) in [6, 6.07) is 17.4. The second-order valence-corrected chi connectivity index (χ2v) is 8.14. The molecule has 0 saturated carbocycles. The summed E-state index contributed by atoms with van der Waals surface area (Å²) in [5, 5.41) is 12.0. The monoisotopic (exact) mass is 480 g/mol. The first-order valence-electron chi connectivity index (χ1n) is 11.2. The lowest BCUT2D eigenvalue weighted by molar-refractivity contribution is -0.137. The molecule has 0 spiro atoms. The van der Waals surface area contributed by atoms with Crippen LogP contribution < -0.4 is 10.1 Å². The van der Waals surface area contributed by atoms with Crippen LogP contribution in [0.2, 0.25) is 0 Å². The predicted molar refractivity (Wildman–Crippen MR) is 124 cm³/mol. The number of urea groups is 1. The van der Waals surface area contributed by atoms with Crippen molar-refractivity contribution in [2.45, 2.75) is 25.4 Å². The van der Waals surface area contributed by atoms with Crippen LogP contribution in [0.5, 0.6) is 11.5 Å². The average Bonchev–Trinajstić information content (AvgIpc) is 3.26. The van der Waals surface area contributed by atoms with Gasteiger partial charge in [-0.2, -0.15) is 18.4 Å². The first kappa shape index (κ1) is 24.1. The quantitative estimate of drug-likeness (QED) is 0.415. The Kier molecular flexibility index (Phi) is 7.20. The summed E-state index contributed by atoms with van der Waals surface area (Å²) in [4.78, 5) is 18.1. The van der Waals surface area contributed by atoms with Gasteiger partial charge in [-0.05, 0) is 73.9 Å². The van der Waals surface area contributed by atoms with E-state index in [1.54, 1.807) is 18.2 Å². The van der Waals surface area contributed by atoms with Crippen molar-refractivity contribution in [1.82, 2.24) is 15.2 Å². The topological polar surface area (TPSA) is 78.2 Å². The fourth-order valence-corrected chi connectivity index (χ4v) is 3.82. The summed E-state index contributed by atoms with van der Waals surface area (Å²) in [5.41, 5.74) is 1.52. The van der Waals surface area contributed by atoms with Crippen LogP contribution in [-0.2, 0) is 12.6 Å². The third-order valence-corrected chi connectivity index (χ3v) is 5.67. The number of amides is 2. The molecule has 0 radical (unpaired) electrons. The molecule has 0 bridgehead atoms. The van der Waals surface area contributed by atoms with Crippen molar-refractivity contribution in [2.24, 2.45) is 0 Å². The minimum absolute atomic E-state index is 0.000261. The van der Waals surface area contributed by atoms with Gasteiger partial charge in [-0.3, -0.25) is 4.98 Å². The summed E-state index contributed by atoms with van der Waals surface area (Å²) in [5.74, 6) is 0.451. The molecule has 3 aromatic rings. The molecule has 35 heavy (non-hydrogen) atoms. The minimum Gasteiger partial charge on any atom is -0.456 e. The molecule has 1 saturated heterocycles. The number of ether oxygens (including phenoxy) is 1. The third kappa shape index (κ3) is 6.09. The zero-order valence-corrected chi connectivity index (χ0v) is 18.8. The van der Waals surface area contributed by atoms with E-state index in [4.69, 9.17) is 9.72 Å². The lowest BCUT2D eigenvalue weighted by atomic mass is 10.1. The molecule has 2 heterocycles. The van der Waals surface area contributed by atoms with Gasteiger partial charge in [0.25, 0.3) is 0 Å². The Hall–Kier alpha value is -4.06. The molecule has 1 aliphatic heterocycles. The molecule has 1 fully saturated rings. The van der Waals surface area contributed by atoms with Gasteiger partial charge in [0.2, 0.25) is 0 Å². The van der Waals surface area contributed by atoms with Gasteiger partial charge < -0.3 is 15.0 Å². The predicted octanol–water partition coefficient (Wildman–Crippen LogP) is 5.78. The Morgan fingerprint density at radius 2 is 1.89 bits per heavy atom. The van der Waals surface area contributed by atoms with E-state index in [1.165, 1.54) is 0 Å². The van der Waals surface area contributed by atoms with Gasteiger partial charge in [-0.15, -0.1) is 0 Å². The van der Waals surface area contributed by atoms with Crippen LogP contribution in [0.4, 0.5) is 18.0 Å². The number of alkyl halides is 3. The summed E-state index contributed by atoms with van der Waals surface area (Å²) in [6.45, 7) is 2.19. The Bertz CT molecular complexity index is 1240. The van der Waals surface area contributed by atoms with Crippen molar-refractivity contribution in [3.8, 4) is 28.8 Å². The Morgan fingerprint density at radius 3 is 2.57 bits per heavy atom. The van der Waals surface area contributed by atoms with E-state index < -0.39 is 11.7 Å². The van der Waals surface area contributed by atoms with Crippen molar-refractivity contribution >= 4 is 6.03 Å². The number of unbranched alkanes of at least 4 members (excludes halogenated alkanes) is 1. The molecule has 0 aliphatic carbocycles. The number of hydrogen-bond donors (Lipinski definition) is 1. The average molecular weight is 480 g/mol. The van der Waals surface area contributed by atoms with Crippen LogP contribution in [0, 0.1) is 11.3 Å². The second-order valence-electron chi connectivity index (χ2n) is 8.14. The van der Waals surface area contributed by atoms with Crippen molar-refractivity contribution in [3.63, 3.8) is 0 Å². The highest BCUT2D eigenvalue weighted by Gasteiger charge is 2.31. The van der Waals surface area contributed by atoms with Gasteiger partial charge in [0, 0.05) is 30.9 Å². The van der Waals surface area contributed by atoms with Crippen molar-refractivity contribution in [1.29, 1.82) is 5.26 Å². The smallest absolute Gasteiger partial charge is 0.416 e. The van der Waals surface area contributed by atoms with E-state index in [1.807, 2.05) is 35.2 Å². The molecule has 180 valence electrons. The summed E-state index contributed by atoms with van der Waals surface area (Å²) in [7, 11) is 0. The normalized spacial score (nSPS) is 13.4. The van der Waals surface area contributed by atoms with Crippen LogP contribution in [0.15, 0.2) is 60.7 Å². The standard InChI is InChI=1S/C26H23F3N4O2/c27-26(28,29)20-9-12-24(19(16-20)17-30)35-22-10-7-18(8-11-22)23-6-3-5-21(32-23)4-1-2-14-33-15-13-31-25(33)34/h3,5-12,16H,1-2,4,13-15H2,(H,31,34). The number of nitriles is 1. The number of benzene rings is 2. The highest BCUT2D eigenvalue weighted by Crippen LogP contribution is 2.34. The largest absolute Gasteiger partial charge is 0.456 e. The van der Waals surface area contributed by atoms with Gasteiger partial charge >= 0.3 is 12.2 Å². The maximum atomic E-state index is 12.9. The molecule has 9 heteroatoms. The van der Waals surface area contributed by atoms with Crippen LogP contribution in [0.25, 0.3) is 11.3 Å². The number of aromatic nitrogens is 1. The van der Waals surface area contributed by atoms with E-state index in [0.29, 0.717) is 12.3 Å². The van der Waals surface area contributed by atoms with E-state index in [0.717, 1.165) is 67.5 Å². The molecular formula is C26H23F3N4O2. The Labute approximate surface area is 201 Å². The number of hydrogen-bond acceptors (Lipinski definition) is 4. The van der Waals surface area contributed by atoms with Crippen molar-refractivity contribution < 1.29 is 22.7 Å². The molecule has 0 atom stereocenters. The highest BCUT2D eigenvalue weighted by atomic mass is 19.4. The van der Waals surface area contributed by atoms with E-state index in [2.05, 4.69) is 5.32 Å². The molecule has 4 rings (SSSR count). The SMILES string of the molecule is N#Cc1cc(C(F)(F)F)ccc1Oc1ccc(-c2cccc(CCCCN3CCNC3=O)n2)cc1. The van der Waals surface area contributed by atoms with E-state index in [-0.39, 0.29) is 17.3 Å². The van der Waals surface area contributed by atoms with E-state index >= 15 is 0 Å². The summed E-state index contributed by atoms with van der Waals surface area (Å²) >= 11 is 0. The van der Waals surface area contributed by atoms with Crippen LogP contribution >= 0.6 is 0 Å². The molecule has 1 aromatic heterocycles. The van der Waals surface area contributed by atoms with Gasteiger partial charge in [0.1, 0.15) is 17.6 Å². The Balaban J connectivity index is 1.37. The van der Waals surface area contributed by atoms with Gasteiger partial charge in [0.05, 0.1) is 16.8 Å². The first-order valence-corrected chi connectivity index (χ1v) is 11.2.